The van der Waals surface area contributed by atoms with E-state index >= 15 is 0 Å². The molecule has 3 nitrogen and oxygen atoms in total. The molecule has 3 aromatic carbocycles. The molecule has 0 saturated carbocycles. The number of hydrogen-bond acceptors (Lipinski definition) is 2. The first kappa shape index (κ1) is 18.0. The maximum atomic E-state index is 13.9. The highest BCUT2D eigenvalue weighted by molar-refractivity contribution is 5.97. The monoisotopic (exact) mass is 354 g/mol. The highest BCUT2D eigenvalue weighted by Crippen LogP contribution is 2.20. The van der Waals surface area contributed by atoms with Crippen molar-refractivity contribution >= 4 is 22.4 Å². The van der Waals surface area contributed by atoms with Crippen LogP contribution in [0.4, 0.5) is 14.5 Å². The number of anilines is 1. The summed E-state index contributed by atoms with van der Waals surface area (Å²) in [6.45, 7) is 3.43. The van der Waals surface area contributed by atoms with Crippen molar-refractivity contribution in [3.63, 3.8) is 0 Å². The fourth-order valence-electron chi connectivity index (χ4n) is 2.91. The third kappa shape index (κ3) is 4.06. The average molecular weight is 354 g/mol. The number of carbonyl (C=O) groups is 1. The number of hydrogen-bond donors (Lipinski definition) is 2. The van der Waals surface area contributed by atoms with Crippen molar-refractivity contribution in [1.29, 1.82) is 0 Å². The molecular weight excluding hydrogens is 334 g/mol. The fraction of sp³-hybridized carbons (Fsp3) is 0.190. The van der Waals surface area contributed by atoms with Gasteiger partial charge in [0.1, 0.15) is 11.6 Å². The number of halogens is 2. The summed E-state index contributed by atoms with van der Waals surface area (Å²) in [5.74, 6) is -1.48. The van der Waals surface area contributed by atoms with Gasteiger partial charge in [0, 0.05) is 23.4 Å². The van der Waals surface area contributed by atoms with Crippen LogP contribution in [-0.2, 0) is 4.79 Å². The van der Waals surface area contributed by atoms with Crippen molar-refractivity contribution in [3.05, 3.63) is 77.9 Å². The molecule has 2 N–H and O–H groups in total. The maximum Gasteiger partial charge on any atom is 0.241 e. The molecule has 2 atom stereocenters. The van der Waals surface area contributed by atoms with E-state index in [-0.39, 0.29) is 5.91 Å². The van der Waals surface area contributed by atoms with Crippen LogP contribution in [0, 0.1) is 11.6 Å². The zero-order chi connectivity index (χ0) is 18.7. The van der Waals surface area contributed by atoms with Crippen LogP contribution in [0.25, 0.3) is 10.8 Å². The second-order valence-electron chi connectivity index (χ2n) is 6.33. The van der Waals surface area contributed by atoms with Gasteiger partial charge in [0.05, 0.1) is 6.04 Å². The number of fused-ring (bicyclic) bond motifs is 1. The summed E-state index contributed by atoms with van der Waals surface area (Å²) in [5, 5.41) is 8.03. The first-order chi connectivity index (χ1) is 12.4. The van der Waals surface area contributed by atoms with Gasteiger partial charge in [-0.2, -0.15) is 0 Å². The third-order valence-electron chi connectivity index (χ3n) is 4.34. The Morgan fingerprint density at radius 1 is 0.923 bits per heavy atom. The van der Waals surface area contributed by atoms with Gasteiger partial charge < -0.3 is 5.32 Å². The van der Waals surface area contributed by atoms with Gasteiger partial charge in [-0.25, -0.2) is 8.78 Å². The Kier molecular flexibility index (Phi) is 5.28. The lowest BCUT2D eigenvalue weighted by Crippen LogP contribution is -2.39. The summed E-state index contributed by atoms with van der Waals surface area (Å²) in [4.78, 5) is 12.4. The van der Waals surface area contributed by atoms with Crippen LogP contribution in [0.2, 0.25) is 0 Å². The first-order valence-electron chi connectivity index (χ1n) is 8.44. The minimum absolute atomic E-state index is 0.227. The molecule has 0 saturated heterocycles. The van der Waals surface area contributed by atoms with Crippen molar-refractivity contribution in [2.45, 2.75) is 25.9 Å². The number of carbonyl (C=O) groups excluding carboxylic acids is 1. The molecule has 0 aliphatic rings. The van der Waals surface area contributed by atoms with Gasteiger partial charge in [0.25, 0.3) is 0 Å². The summed E-state index contributed by atoms with van der Waals surface area (Å²) >= 11 is 0. The zero-order valence-electron chi connectivity index (χ0n) is 14.6. The van der Waals surface area contributed by atoms with Gasteiger partial charge in [-0.1, -0.05) is 36.4 Å². The van der Waals surface area contributed by atoms with Crippen molar-refractivity contribution < 1.29 is 13.6 Å². The van der Waals surface area contributed by atoms with Crippen LogP contribution in [0.15, 0.2) is 60.7 Å². The number of benzene rings is 3. The summed E-state index contributed by atoms with van der Waals surface area (Å²) in [7, 11) is 0. The van der Waals surface area contributed by atoms with Crippen molar-refractivity contribution in [3.8, 4) is 0 Å². The molecule has 0 aromatic heterocycles. The molecule has 0 bridgehead atoms. The average Bonchev–Trinajstić information content (AvgIpc) is 2.61. The standard InChI is InChI=1S/C21H20F2N2O/c1-13(19-10-8-17(22)12-20(19)23)24-14(2)21(26)25-18-9-7-15-5-3-4-6-16(15)11-18/h3-14,24H,1-2H3,(H,25,26)/t13-,14+/m0/s1. The van der Waals surface area contributed by atoms with E-state index in [2.05, 4.69) is 10.6 Å². The Bertz CT molecular complexity index is 942. The molecule has 0 unspecified atom stereocenters. The minimum atomic E-state index is -0.632. The van der Waals surface area contributed by atoms with E-state index in [0.717, 1.165) is 16.8 Å². The van der Waals surface area contributed by atoms with Crippen LogP contribution < -0.4 is 10.6 Å². The number of rotatable bonds is 5. The molecule has 0 fully saturated rings. The molecule has 3 rings (SSSR count). The topological polar surface area (TPSA) is 41.1 Å². The lowest BCUT2D eigenvalue weighted by atomic mass is 10.1. The quantitative estimate of drug-likeness (QED) is 0.691. The van der Waals surface area contributed by atoms with Crippen LogP contribution in [-0.4, -0.2) is 11.9 Å². The largest absolute Gasteiger partial charge is 0.325 e. The highest BCUT2D eigenvalue weighted by atomic mass is 19.1. The normalized spacial score (nSPS) is 13.4. The molecule has 5 heteroatoms. The van der Waals surface area contributed by atoms with Crippen LogP contribution in [0.1, 0.15) is 25.5 Å². The Hall–Kier alpha value is -2.79. The van der Waals surface area contributed by atoms with E-state index in [4.69, 9.17) is 0 Å². The van der Waals surface area contributed by atoms with Crippen LogP contribution >= 0.6 is 0 Å². The van der Waals surface area contributed by atoms with Gasteiger partial charge in [0.2, 0.25) is 5.91 Å². The van der Waals surface area contributed by atoms with Crippen LogP contribution in [0.5, 0.6) is 0 Å². The van der Waals surface area contributed by atoms with Crippen molar-refractivity contribution in [2.24, 2.45) is 0 Å². The molecule has 0 aliphatic carbocycles. The highest BCUT2D eigenvalue weighted by Gasteiger charge is 2.18. The number of nitrogens with one attached hydrogen (secondary N) is 2. The Morgan fingerprint density at radius 2 is 1.65 bits per heavy atom. The summed E-state index contributed by atoms with van der Waals surface area (Å²) < 4.78 is 26.9. The van der Waals surface area contributed by atoms with Crippen molar-refractivity contribution in [1.82, 2.24) is 5.32 Å². The van der Waals surface area contributed by atoms with Gasteiger partial charge in [-0.05, 0) is 42.8 Å². The molecule has 0 aliphatic heterocycles. The Balaban J connectivity index is 1.66. The van der Waals surface area contributed by atoms with Gasteiger partial charge in [-0.15, -0.1) is 0 Å². The second kappa shape index (κ2) is 7.62. The van der Waals surface area contributed by atoms with E-state index in [1.807, 2.05) is 42.5 Å². The van der Waals surface area contributed by atoms with E-state index in [1.54, 1.807) is 13.8 Å². The Labute approximate surface area is 151 Å². The first-order valence-corrected chi connectivity index (χ1v) is 8.44. The lowest BCUT2D eigenvalue weighted by Gasteiger charge is -2.20. The van der Waals surface area contributed by atoms with E-state index in [0.29, 0.717) is 11.3 Å². The van der Waals surface area contributed by atoms with E-state index < -0.39 is 23.7 Å². The van der Waals surface area contributed by atoms with Crippen molar-refractivity contribution in [2.75, 3.05) is 5.32 Å². The molecule has 0 spiro atoms. The predicted molar refractivity (Wildman–Crippen MR) is 99.9 cm³/mol. The molecule has 26 heavy (non-hydrogen) atoms. The molecular formula is C21H20F2N2O. The molecule has 0 radical (unpaired) electrons. The maximum absolute atomic E-state index is 13.9. The van der Waals surface area contributed by atoms with E-state index in [9.17, 15) is 13.6 Å². The zero-order valence-corrected chi connectivity index (χ0v) is 14.6. The van der Waals surface area contributed by atoms with Gasteiger partial charge >= 0.3 is 0 Å². The van der Waals surface area contributed by atoms with E-state index in [1.165, 1.54) is 12.1 Å². The van der Waals surface area contributed by atoms with Gasteiger partial charge in [-0.3, -0.25) is 10.1 Å². The lowest BCUT2D eigenvalue weighted by molar-refractivity contribution is -0.117. The molecule has 1 amide bonds. The fourth-order valence-corrected chi connectivity index (χ4v) is 2.91. The van der Waals surface area contributed by atoms with Gasteiger partial charge in [0.15, 0.2) is 0 Å². The summed E-state index contributed by atoms with van der Waals surface area (Å²) in [6, 6.07) is 16.0. The third-order valence-corrected chi connectivity index (χ3v) is 4.34. The Morgan fingerprint density at radius 3 is 2.38 bits per heavy atom. The smallest absolute Gasteiger partial charge is 0.241 e. The van der Waals surface area contributed by atoms with Crippen LogP contribution in [0.3, 0.4) is 0 Å². The molecule has 3 aromatic rings. The molecule has 0 heterocycles. The predicted octanol–water partition coefficient (Wildman–Crippen LogP) is 4.80. The SMILES string of the molecule is C[C@H](N[C@H](C)C(=O)Nc1ccc2ccccc2c1)c1ccc(F)cc1F. The summed E-state index contributed by atoms with van der Waals surface area (Å²) in [6.07, 6.45) is 0. The molecule has 134 valence electrons. The second-order valence-corrected chi connectivity index (χ2v) is 6.33. The minimum Gasteiger partial charge on any atom is -0.325 e. The number of amides is 1. The summed E-state index contributed by atoms with van der Waals surface area (Å²) in [5.41, 5.74) is 1.01.